The van der Waals surface area contributed by atoms with Gasteiger partial charge in [0.05, 0.1) is 7.11 Å². The fraction of sp³-hybridized carbons (Fsp3) is 0.0526. The monoisotopic (exact) mass is 274 g/mol. The zero-order valence-electron chi connectivity index (χ0n) is 11.6. The van der Waals surface area contributed by atoms with Crippen molar-refractivity contribution in [3.8, 4) is 11.5 Å². The second-order valence-corrected chi connectivity index (χ2v) is 5.16. The number of ether oxygens (including phenoxy) is 1. The lowest BCUT2D eigenvalue weighted by Gasteiger charge is -2.12. The summed E-state index contributed by atoms with van der Waals surface area (Å²) < 4.78 is 5.43. The Labute approximate surface area is 122 Å². The van der Waals surface area contributed by atoms with Gasteiger partial charge in [0.2, 0.25) is 0 Å². The third kappa shape index (κ3) is 1.66. The minimum absolute atomic E-state index is 0.285. The maximum absolute atomic E-state index is 10.4. The molecule has 0 aliphatic rings. The van der Waals surface area contributed by atoms with E-state index in [0.29, 0.717) is 0 Å². The number of benzene rings is 4. The van der Waals surface area contributed by atoms with Gasteiger partial charge in [-0.3, -0.25) is 0 Å². The number of hydrogen-bond donors (Lipinski definition) is 1. The average Bonchev–Trinajstić information content (AvgIpc) is 2.54. The first-order valence-corrected chi connectivity index (χ1v) is 6.90. The summed E-state index contributed by atoms with van der Waals surface area (Å²) in [5.41, 5.74) is 0. The summed E-state index contributed by atoms with van der Waals surface area (Å²) in [6.45, 7) is 0. The number of aromatic hydroxyl groups is 1. The smallest absolute Gasteiger partial charge is 0.126 e. The molecule has 102 valence electrons. The van der Waals surface area contributed by atoms with Crippen molar-refractivity contribution in [2.45, 2.75) is 0 Å². The molecule has 0 aliphatic heterocycles. The normalized spacial score (nSPS) is 11.3. The van der Waals surface area contributed by atoms with Gasteiger partial charge in [0, 0.05) is 16.2 Å². The molecule has 0 radical (unpaired) electrons. The van der Waals surface area contributed by atoms with Gasteiger partial charge in [-0.15, -0.1) is 0 Å². The minimum Gasteiger partial charge on any atom is -0.507 e. The van der Waals surface area contributed by atoms with E-state index in [1.54, 1.807) is 19.2 Å². The van der Waals surface area contributed by atoms with Gasteiger partial charge in [-0.1, -0.05) is 42.5 Å². The molecule has 0 saturated carbocycles. The Morgan fingerprint density at radius 3 is 2.33 bits per heavy atom. The van der Waals surface area contributed by atoms with Crippen molar-refractivity contribution in [1.82, 2.24) is 0 Å². The highest BCUT2D eigenvalue weighted by atomic mass is 16.5. The van der Waals surface area contributed by atoms with Crippen LogP contribution >= 0.6 is 0 Å². The van der Waals surface area contributed by atoms with Gasteiger partial charge in [0.15, 0.2) is 0 Å². The van der Waals surface area contributed by atoms with Crippen molar-refractivity contribution in [1.29, 1.82) is 0 Å². The Balaban J connectivity index is 2.35. The summed E-state index contributed by atoms with van der Waals surface area (Å²) in [5.74, 6) is 1.06. The maximum Gasteiger partial charge on any atom is 0.126 e. The molecule has 0 aromatic heterocycles. The lowest BCUT2D eigenvalue weighted by Crippen LogP contribution is -1.87. The van der Waals surface area contributed by atoms with Crippen LogP contribution in [0.1, 0.15) is 0 Å². The molecular formula is C19H14O2. The van der Waals surface area contributed by atoms with E-state index in [0.717, 1.165) is 32.7 Å². The van der Waals surface area contributed by atoms with Gasteiger partial charge in [-0.05, 0) is 34.4 Å². The topological polar surface area (TPSA) is 29.5 Å². The molecule has 0 heterocycles. The van der Waals surface area contributed by atoms with Crippen molar-refractivity contribution < 1.29 is 9.84 Å². The number of phenols is 1. The van der Waals surface area contributed by atoms with Crippen LogP contribution in [-0.4, -0.2) is 12.2 Å². The lowest BCUT2D eigenvalue weighted by atomic mass is 9.95. The number of rotatable bonds is 1. The van der Waals surface area contributed by atoms with Crippen LogP contribution in [0.5, 0.6) is 11.5 Å². The van der Waals surface area contributed by atoms with E-state index in [1.807, 2.05) is 18.2 Å². The molecule has 0 bridgehead atoms. The van der Waals surface area contributed by atoms with Crippen LogP contribution in [0.15, 0.2) is 60.7 Å². The van der Waals surface area contributed by atoms with Crippen molar-refractivity contribution in [3.63, 3.8) is 0 Å². The summed E-state index contributed by atoms with van der Waals surface area (Å²) in [6, 6.07) is 20.0. The minimum atomic E-state index is 0.285. The zero-order valence-corrected chi connectivity index (χ0v) is 11.6. The maximum atomic E-state index is 10.4. The van der Waals surface area contributed by atoms with Gasteiger partial charge in [0.1, 0.15) is 11.5 Å². The van der Waals surface area contributed by atoms with Gasteiger partial charge in [-0.2, -0.15) is 0 Å². The third-order valence-corrected chi connectivity index (χ3v) is 4.04. The molecule has 0 aliphatic carbocycles. The summed E-state index contributed by atoms with van der Waals surface area (Å²) in [5, 5.41) is 16.7. The molecule has 0 unspecified atom stereocenters. The predicted octanol–water partition coefficient (Wildman–Crippen LogP) is 4.86. The summed E-state index contributed by atoms with van der Waals surface area (Å²) >= 11 is 0. The van der Waals surface area contributed by atoms with Crippen LogP contribution in [-0.2, 0) is 0 Å². The number of fused-ring (bicyclic) bond motifs is 5. The first-order valence-electron chi connectivity index (χ1n) is 6.90. The van der Waals surface area contributed by atoms with Crippen LogP contribution < -0.4 is 4.74 Å². The second kappa shape index (κ2) is 4.38. The van der Waals surface area contributed by atoms with E-state index in [9.17, 15) is 5.11 Å². The molecule has 21 heavy (non-hydrogen) atoms. The zero-order chi connectivity index (χ0) is 14.4. The van der Waals surface area contributed by atoms with Gasteiger partial charge in [-0.25, -0.2) is 0 Å². The molecule has 2 nitrogen and oxygen atoms in total. The van der Waals surface area contributed by atoms with Crippen LogP contribution in [0.25, 0.3) is 32.3 Å². The average molecular weight is 274 g/mol. The highest BCUT2D eigenvalue weighted by Crippen LogP contribution is 2.40. The largest absolute Gasteiger partial charge is 0.507 e. The van der Waals surface area contributed by atoms with Crippen LogP contribution in [0, 0.1) is 0 Å². The lowest BCUT2D eigenvalue weighted by molar-refractivity contribution is 0.418. The Hall–Kier alpha value is -2.74. The van der Waals surface area contributed by atoms with E-state index in [-0.39, 0.29) is 5.75 Å². The Kier molecular flexibility index (Phi) is 2.51. The highest BCUT2D eigenvalue weighted by Gasteiger charge is 2.11. The number of phenolic OH excluding ortho intramolecular Hbond substituents is 1. The molecule has 4 aromatic carbocycles. The summed E-state index contributed by atoms with van der Waals surface area (Å²) in [6.07, 6.45) is 0. The molecule has 0 amide bonds. The SMILES string of the molecule is COc1ccc(O)c2c1ccc1ccc3ccccc3c12. The Morgan fingerprint density at radius 1 is 0.714 bits per heavy atom. The molecule has 0 atom stereocenters. The van der Waals surface area contributed by atoms with E-state index >= 15 is 0 Å². The highest BCUT2D eigenvalue weighted by molar-refractivity contribution is 6.22. The van der Waals surface area contributed by atoms with Gasteiger partial charge < -0.3 is 9.84 Å². The van der Waals surface area contributed by atoms with E-state index in [2.05, 4.69) is 30.3 Å². The predicted molar refractivity (Wildman–Crippen MR) is 87.2 cm³/mol. The number of hydrogen-bond acceptors (Lipinski definition) is 2. The van der Waals surface area contributed by atoms with Crippen LogP contribution in [0.2, 0.25) is 0 Å². The second-order valence-electron chi connectivity index (χ2n) is 5.16. The molecule has 0 spiro atoms. The molecule has 0 saturated heterocycles. The standard InChI is InChI=1S/C19H14O2/c1-21-17-11-10-16(20)19-15(17)9-8-13-7-6-12-4-2-3-5-14(12)18(13)19/h2-11,20H,1H3. The van der Waals surface area contributed by atoms with Crippen LogP contribution in [0.3, 0.4) is 0 Å². The number of methoxy groups -OCH3 is 1. The summed E-state index contributed by atoms with van der Waals surface area (Å²) in [7, 11) is 1.65. The van der Waals surface area contributed by atoms with Crippen molar-refractivity contribution in [2.75, 3.05) is 7.11 Å². The fourth-order valence-electron chi connectivity index (χ4n) is 3.07. The van der Waals surface area contributed by atoms with E-state index in [4.69, 9.17) is 4.74 Å². The first kappa shape index (κ1) is 12.0. The molecule has 4 rings (SSSR count). The van der Waals surface area contributed by atoms with E-state index < -0.39 is 0 Å². The van der Waals surface area contributed by atoms with Crippen LogP contribution in [0.4, 0.5) is 0 Å². The Morgan fingerprint density at radius 2 is 1.48 bits per heavy atom. The molecule has 0 fully saturated rings. The molecule has 4 aromatic rings. The Bertz CT molecular complexity index is 987. The third-order valence-electron chi connectivity index (χ3n) is 4.04. The molecule has 1 N–H and O–H groups in total. The summed E-state index contributed by atoms with van der Waals surface area (Å²) in [4.78, 5) is 0. The van der Waals surface area contributed by atoms with Gasteiger partial charge in [0.25, 0.3) is 0 Å². The van der Waals surface area contributed by atoms with E-state index in [1.165, 1.54) is 5.39 Å². The molecule has 2 heteroatoms. The molecular weight excluding hydrogens is 260 g/mol. The van der Waals surface area contributed by atoms with Crippen molar-refractivity contribution >= 4 is 32.3 Å². The quantitative estimate of drug-likeness (QED) is 0.502. The first-order chi connectivity index (χ1) is 10.3. The van der Waals surface area contributed by atoms with Crippen molar-refractivity contribution in [3.05, 3.63) is 60.7 Å². The van der Waals surface area contributed by atoms with Gasteiger partial charge >= 0.3 is 0 Å². The fourth-order valence-corrected chi connectivity index (χ4v) is 3.07. The van der Waals surface area contributed by atoms with Crippen molar-refractivity contribution in [2.24, 2.45) is 0 Å².